The summed E-state index contributed by atoms with van der Waals surface area (Å²) in [5.74, 6) is -1.01. The van der Waals surface area contributed by atoms with Crippen LogP contribution in [0.5, 0.6) is 0 Å². The highest BCUT2D eigenvalue weighted by Crippen LogP contribution is 2.30. The third-order valence-corrected chi connectivity index (χ3v) is 5.48. The molecule has 1 aliphatic heterocycles. The average Bonchev–Trinajstić information content (AvgIpc) is 2.75. The van der Waals surface area contributed by atoms with Crippen molar-refractivity contribution < 1.29 is 14.0 Å². The Morgan fingerprint density at radius 1 is 0.967 bits per heavy atom. The number of benzene rings is 3. The van der Waals surface area contributed by atoms with Crippen LogP contribution in [0.25, 0.3) is 0 Å². The molecular weight excluding hydrogens is 426 g/mol. The van der Waals surface area contributed by atoms with Crippen LogP contribution in [-0.2, 0) is 6.42 Å². The van der Waals surface area contributed by atoms with Gasteiger partial charge in [0.2, 0.25) is 0 Å². The minimum Gasteiger partial charge on any atom is -0.322 e. The number of nitrogens with one attached hydrogen (secondary N) is 1. The number of hydrogen-bond donors (Lipinski definition) is 1. The van der Waals surface area contributed by atoms with E-state index in [1.165, 1.54) is 18.2 Å². The largest absolute Gasteiger partial charge is 0.322 e. The molecule has 4 nitrogen and oxygen atoms in total. The monoisotopic (exact) mass is 442 g/mol. The van der Waals surface area contributed by atoms with Crippen molar-refractivity contribution in [2.24, 2.45) is 0 Å². The Hall–Kier alpha value is -2.89. The van der Waals surface area contributed by atoms with Crippen molar-refractivity contribution in [2.45, 2.75) is 12.8 Å². The van der Waals surface area contributed by atoms with Crippen molar-refractivity contribution in [3.8, 4) is 0 Å². The zero-order valence-corrected chi connectivity index (χ0v) is 17.3. The number of carbonyl (C=O) groups excluding carboxylic acids is 2. The van der Waals surface area contributed by atoms with Crippen molar-refractivity contribution in [3.05, 3.63) is 93.2 Å². The Labute approximate surface area is 183 Å². The van der Waals surface area contributed by atoms with Gasteiger partial charge in [-0.2, -0.15) is 0 Å². The summed E-state index contributed by atoms with van der Waals surface area (Å²) in [6.45, 7) is 0.595. The predicted octanol–water partition coefficient (Wildman–Crippen LogP) is 5.98. The average molecular weight is 443 g/mol. The van der Waals surface area contributed by atoms with Crippen LogP contribution in [0.4, 0.5) is 15.8 Å². The lowest BCUT2D eigenvalue weighted by atomic mass is 9.98. The summed E-state index contributed by atoms with van der Waals surface area (Å²) >= 11 is 11.8. The predicted molar refractivity (Wildman–Crippen MR) is 117 cm³/mol. The van der Waals surface area contributed by atoms with E-state index in [0.29, 0.717) is 28.4 Å². The van der Waals surface area contributed by atoms with E-state index in [1.54, 1.807) is 47.4 Å². The number of nitrogens with zero attached hydrogens (tertiary/aromatic N) is 1. The van der Waals surface area contributed by atoms with Crippen LogP contribution in [0.1, 0.15) is 32.7 Å². The molecule has 152 valence electrons. The lowest BCUT2D eigenvalue weighted by Crippen LogP contribution is -2.35. The maximum atomic E-state index is 13.3. The molecule has 0 saturated heterocycles. The summed E-state index contributed by atoms with van der Waals surface area (Å²) in [5, 5.41) is 3.16. The smallest absolute Gasteiger partial charge is 0.258 e. The maximum absolute atomic E-state index is 13.3. The first-order valence-electron chi connectivity index (χ1n) is 9.39. The van der Waals surface area contributed by atoms with E-state index < -0.39 is 5.82 Å². The van der Waals surface area contributed by atoms with Crippen LogP contribution in [0.2, 0.25) is 10.0 Å². The molecule has 0 aliphatic carbocycles. The highest BCUT2D eigenvalue weighted by Gasteiger charge is 2.24. The number of hydrogen-bond acceptors (Lipinski definition) is 2. The molecule has 0 fully saturated rings. The van der Waals surface area contributed by atoms with Crippen LogP contribution in [0.3, 0.4) is 0 Å². The quantitative estimate of drug-likeness (QED) is 0.542. The van der Waals surface area contributed by atoms with Gasteiger partial charge in [-0.15, -0.1) is 0 Å². The van der Waals surface area contributed by atoms with Gasteiger partial charge in [-0.05, 0) is 73.0 Å². The van der Waals surface area contributed by atoms with Gasteiger partial charge in [-0.3, -0.25) is 9.59 Å². The Kier molecular flexibility index (Phi) is 5.75. The number of aryl methyl sites for hydroxylation is 1. The molecule has 2 amide bonds. The fourth-order valence-corrected chi connectivity index (χ4v) is 3.87. The van der Waals surface area contributed by atoms with Gasteiger partial charge in [0.25, 0.3) is 11.8 Å². The number of halogens is 3. The van der Waals surface area contributed by atoms with Crippen LogP contribution < -0.4 is 10.2 Å². The van der Waals surface area contributed by atoms with E-state index in [1.807, 2.05) is 0 Å². The highest BCUT2D eigenvalue weighted by molar-refractivity contribution is 6.31. The molecule has 4 rings (SSSR count). The highest BCUT2D eigenvalue weighted by atomic mass is 35.5. The fraction of sp³-hybridized carbons (Fsp3) is 0.130. The molecular formula is C23H17Cl2FN2O2. The number of amides is 2. The van der Waals surface area contributed by atoms with Gasteiger partial charge in [0.15, 0.2) is 0 Å². The first-order chi connectivity index (χ1) is 14.4. The van der Waals surface area contributed by atoms with Crippen LogP contribution in [-0.4, -0.2) is 18.4 Å². The molecule has 0 bridgehead atoms. The van der Waals surface area contributed by atoms with Gasteiger partial charge < -0.3 is 10.2 Å². The van der Waals surface area contributed by atoms with Gasteiger partial charge in [0.1, 0.15) is 5.82 Å². The summed E-state index contributed by atoms with van der Waals surface area (Å²) < 4.78 is 13.3. The van der Waals surface area contributed by atoms with E-state index in [2.05, 4.69) is 5.32 Å². The van der Waals surface area contributed by atoms with Gasteiger partial charge in [-0.25, -0.2) is 4.39 Å². The number of fused-ring (bicyclic) bond motifs is 1. The number of rotatable bonds is 3. The molecule has 3 aromatic rings. The standard InChI is InChI=1S/C23H17Cl2FN2O2/c24-17-5-1-3-16(12-17)23(30)28-10-2-4-14-11-15(6-9-21(14)28)22(29)27-18-7-8-20(26)19(25)13-18/h1,3,5-9,11-13H,2,4,10H2,(H,27,29). The third-order valence-electron chi connectivity index (χ3n) is 4.95. The van der Waals surface area contributed by atoms with Crippen molar-refractivity contribution in [1.82, 2.24) is 0 Å². The molecule has 7 heteroatoms. The summed E-state index contributed by atoms with van der Waals surface area (Å²) in [6, 6.07) is 16.1. The Balaban J connectivity index is 1.57. The second-order valence-electron chi connectivity index (χ2n) is 7.00. The second kappa shape index (κ2) is 8.46. The zero-order valence-electron chi connectivity index (χ0n) is 15.8. The molecule has 0 atom stereocenters. The molecule has 0 saturated carbocycles. The van der Waals surface area contributed by atoms with Crippen molar-refractivity contribution in [3.63, 3.8) is 0 Å². The Morgan fingerprint density at radius 3 is 2.57 bits per heavy atom. The SMILES string of the molecule is O=C(Nc1ccc(F)c(Cl)c1)c1ccc2c(c1)CCCN2C(=O)c1cccc(Cl)c1. The van der Waals surface area contributed by atoms with Crippen LogP contribution in [0.15, 0.2) is 60.7 Å². The van der Waals surface area contributed by atoms with E-state index >= 15 is 0 Å². The number of anilines is 2. The lowest BCUT2D eigenvalue weighted by Gasteiger charge is -2.30. The maximum Gasteiger partial charge on any atom is 0.258 e. The fourth-order valence-electron chi connectivity index (χ4n) is 3.50. The molecule has 1 N–H and O–H groups in total. The second-order valence-corrected chi connectivity index (χ2v) is 7.84. The van der Waals surface area contributed by atoms with Crippen LogP contribution in [0, 0.1) is 5.82 Å². The minimum absolute atomic E-state index is 0.0617. The summed E-state index contributed by atoms with van der Waals surface area (Å²) in [4.78, 5) is 27.3. The molecule has 0 spiro atoms. The van der Waals surface area contributed by atoms with E-state index in [9.17, 15) is 14.0 Å². The minimum atomic E-state index is -0.548. The summed E-state index contributed by atoms with van der Waals surface area (Å²) in [7, 11) is 0. The van der Waals surface area contributed by atoms with Crippen molar-refractivity contribution in [1.29, 1.82) is 0 Å². The Morgan fingerprint density at radius 2 is 1.80 bits per heavy atom. The van der Waals surface area contributed by atoms with Gasteiger partial charge in [0, 0.05) is 34.1 Å². The van der Waals surface area contributed by atoms with Crippen LogP contribution >= 0.6 is 23.2 Å². The normalized spacial score (nSPS) is 13.0. The molecule has 3 aromatic carbocycles. The van der Waals surface area contributed by atoms with Gasteiger partial charge >= 0.3 is 0 Å². The topological polar surface area (TPSA) is 49.4 Å². The number of carbonyl (C=O) groups is 2. The summed E-state index contributed by atoms with van der Waals surface area (Å²) in [5.41, 5.74) is 3.08. The lowest BCUT2D eigenvalue weighted by molar-refractivity contribution is 0.0984. The van der Waals surface area contributed by atoms with E-state index in [0.717, 1.165) is 24.1 Å². The van der Waals surface area contributed by atoms with Gasteiger partial charge in [0.05, 0.1) is 5.02 Å². The van der Waals surface area contributed by atoms with E-state index in [-0.39, 0.29) is 16.8 Å². The summed E-state index contributed by atoms with van der Waals surface area (Å²) in [6.07, 6.45) is 1.55. The van der Waals surface area contributed by atoms with E-state index in [4.69, 9.17) is 23.2 Å². The molecule has 0 unspecified atom stereocenters. The van der Waals surface area contributed by atoms with Gasteiger partial charge in [-0.1, -0.05) is 29.3 Å². The molecule has 0 aromatic heterocycles. The third kappa shape index (κ3) is 4.18. The Bertz CT molecular complexity index is 1150. The molecule has 30 heavy (non-hydrogen) atoms. The molecule has 0 radical (unpaired) electrons. The molecule has 1 aliphatic rings. The first kappa shape index (κ1) is 20.4. The van der Waals surface area contributed by atoms with Crippen molar-refractivity contribution in [2.75, 3.05) is 16.8 Å². The first-order valence-corrected chi connectivity index (χ1v) is 10.1. The molecule has 1 heterocycles. The zero-order chi connectivity index (χ0) is 21.3. The van der Waals surface area contributed by atoms with Crippen molar-refractivity contribution >= 4 is 46.4 Å².